The molecule has 0 bridgehead atoms. The molecule has 0 saturated carbocycles. The summed E-state index contributed by atoms with van der Waals surface area (Å²) in [5.74, 6) is -2.49. The molecule has 0 aliphatic carbocycles. The van der Waals surface area contributed by atoms with Crippen molar-refractivity contribution in [3.8, 4) is 11.5 Å². The second-order valence-corrected chi connectivity index (χ2v) is 9.35. The van der Waals surface area contributed by atoms with Crippen LogP contribution < -0.4 is 21.7 Å². The van der Waals surface area contributed by atoms with Crippen LogP contribution in [0.4, 0.5) is 0 Å². The van der Waals surface area contributed by atoms with E-state index in [1.807, 2.05) is 6.26 Å². The highest BCUT2D eigenvalue weighted by Crippen LogP contribution is 2.13. The van der Waals surface area contributed by atoms with Gasteiger partial charge in [0.1, 0.15) is 23.6 Å². The quantitative estimate of drug-likeness (QED) is 0.177. The van der Waals surface area contributed by atoms with Crippen LogP contribution in [0, 0.1) is 0 Å². The first-order valence-electron chi connectivity index (χ1n) is 11.5. The van der Waals surface area contributed by atoms with Crippen molar-refractivity contribution in [1.82, 2.24) is 16.0 Å². The number of carbonyl (C=O) groups excluding carboxylic acids is 3. The third-order valence-corrected chi connectivity index (χ3v) is 6.05. The van der Waals surface area contributed by atoms with Gasteiger partial charge < -0.3 is 37.0 Å². The van der Waals surface area contributed by atoms with Crippen molar-refractivity contribution in [1.29, 1.82) is 0 Å². The molecule has 3 atom stereocenters. The SMILES string of the molecule is CSCCC(NC(=O)C(Cc1ccc(O)cc1)NC(=O)CNC(=O)C(N)Cc1ccc(O)cc1)C(=O)O. The number of phenols is 2. The number of rotatable bonds is 14. The number of benzene rings is 2. The van der Waals surface area contributed by atoms with Crippen molar-refractivity contribution < 1.29 is 34.5 Å². The van der Waals surface area contributed by atoms with Gasteiger partial charge in [0, 0.05) is 6.42 Å². The molecule has 8 N–H and O–H groups in total. The number of nitrogens with two attached hydrogens (primary N) is 1. The number of phenolic OH excluding ortho intramolecular Hbond substituents is 2. The minimum Gasteiger partial charge on any atom is -0.508 e. The first kappa shape index (κ1) is 29.5. The van der Waals surface area contributed by atoms with Gasteiger partial charge in [0.2, 0.25) is 17.7 Å². The van der Waals surface area contributed by atoms with Gasteiger partial charge in [-0.3, -0.25) is 14.4 Å². The minimum atomic E-state index is -1.19. The Morgan fingerprint density at radius 3 is 1.89 bits per heavy atom. The predicted molar refractivity (Wildman–Crippen MR) is 139 cm³/mol. The fourth-order valence-electron chi connectivity index (χ4n) is 3.36. The van der Waals surface area contributed by atoms with E-state index >= 15 is 0 Å². The van der Waals surface area contributed by atoms with Crippen molar-refractivity contribution in [2.45, 2.75) is 37.4 Å². The van der Waals surface area contributed by atoms with E-state index in [1.54, 1.807) is 24.3 Å². The van der Waals surface area contributed by atoms with E-state index in [1.165, 1.54) is 36.0 Å². The lowest BCUT2D eigenvalue weighted by molar-refractivity contribution is -0.142. The summed E-state index contributed by atoms with van der Waals surface area (Å²) >= 11 is 1.44. The summed E-state index contributed by atoms with van der Waals surface area (Å²) in [5, 5.41) is 35.7. The van der Waals surface area contributed by atoms with E-state index in [4.69, 9.17) is 5.73 Å². The number of carbonyl (C=O) groups is 4. The normalized spacial score (nSPS) is 13.1. The van der Waals surface area contributed by atoms with Gasteiger partial charge in [-0.1, -0.05) is 24.3 Å². The summed E-state index contributed by atoms with van der Waals surface area (Å²) in [5.41, 5.74) is 7.26. The molecule has 0 aliphatic rings. The molecule has 12 heteroatoms. The molecule has 11 nitrogen and oxygen atoms in total. The molecular weight excluding hydrogens is 500 g/mol. The summed E-state index contributed by atoms with van der Waals surface area (Å²) in [6, 6.07) is 9.03. The summed E-state index contributed by atoms with van der Waals surface area (Å²) in [4.78, 5) is 49.4. The highest BCUT2D eigenvalue weighted by Gasteiger charge is 2.27. The fourth-order valence-corrected chi connectivity index (χ4v) is 3.84. The fraction of sp³-hybridized carbons (Fsp3) is 0.360. The van der Waals surface area contributed by atoms with E-state index in [-0.39, 0.29) is 30.8 Å². The third kappa shape index (κ3) is 10.4. The van der Waals surface area contributed by atoms with Gasteiger partial charge in [-0.25, -0.2) is 4.79 Å². The van der Waals surface area contributed by atoms with E-state index < -0.39 is 48.4 Å². The van der Waals surface area contributed by atoms with Crippen LogP contribution in [-0.4, -0.2) is 75.7 Å². The van der Waals surface area contributed by atoms with Crippen LogP contribution in [0.15, 0.2) is 48.5 Å². The lowest BCUT2D eigenvalue weighted by atomic mass is 10.0. The van der Waals surface area contributed by atoms with Crippen LogP contribution in [0.2, 0.25) is 0 Å². The van der Waals surface area contributed by atoms with Gasteiger partial charge in [-0.15, -0.1) is 0 Å². The van der Waals surface area contributed by atoms with Crippen molar-refractivity contribution in [2.24, 2.45) is 5.73 Å². The molecule has 0 heterocycles. The zero-order valence-electron chi connectivity index (χ0n) is 20.3. The van der Waals surface area contributed by atoms with Crippen molar-refractivity contribution in [3.05, 3.63) is 59.7 Å². The molecule has 3 unspecified atom stereocenters. The molecule has 0 aliphatic heterocycles. The Morgan fingerprint density at radius 1 is 0.838 bits per heavy atom. The lowest BCUT2D eigenvalue weighted by Crippen LogP contribution is -2.54. The molecule has 2 aromatic rings. The van der Waals surface area contributed by atoms with E-state index in [0.717, 1.165) is 5.56 Å². The Morgan fingerprint density at radius 2 is 1.38 bits per heavy atom. The summed E-state index contributed by atoms with van der Waals surface area (Å²) in [7, 11) is 0. The molecule has 0 fully saturated rings. The molecule has 2 rings (SSSR count). The molecule has 0 saturated heterocycles. The summed E-state index contributed by atoms with van der Waals surface area (Å²) < 4.78 is 0. The topological polar surface area (TPSA) is 191 Å². The average molecular weight is 533 g/mol. The second kappa shape index (κ2) is 14.7. The number of thioether (sulfide) groups is 1. The molecular formula is C25H32N4O7S. The van der Waals surface area contributed by atoms with Crippen LogP contribution in [0.1, 0.15) is 17.5 Å². The predicted octanol–water partition coefficient (Wildman–Crippen LogP) is 0.134. The second-order valence-electron chi connectivity index (χ2n) is 8.37. The third-order valence-electron chi connectivity index (χ3n) is 5.41. The average Bonchev–Trinajstić information content (AvgIpc) is 2.86. The molecule has 3 amide bonds. The van der Waals surface area contributed by atoms with Gasteiger partial charge in [0.05, 0.1) is 12.6 Å². The summed E-state index contributed by atoms with van der Waals surface area (Å²) in [6.45, 7) is -0.448. The Labute approximate surface area is 218 Å². The van der Waals surface area contributed by atoms with Crippen molar-refractivity contribution >= 4 is 35.5 Å². The number of hydrogen-bond donors (Lipinski definition) is 7. The molecule has 37 heavy (non-hydrogen) atoms. The van der Waals surface area contributed by atoms with Gasteiger partial charge in [0.25, 0.3) is 0 Å². The van der Waals surface area contributed by atoms with E-state index in [9.17, 15) is 34.5 Å². The van der Waals surface area contributed by atoms with Gasteiger partial charge >= 0.3 is 5.97 Å². The highest BCUT2D eigenvalue weighted by atomic mass is 32.2. The number of carboxylic acid groups (broad SMARTS) is 1. The van der Waals surface area contributed by atoms with Gasteiger partial charge in [-0.05, 0) is 60.2 Å². The summed E-state index contributed by atoms with van der Waals surface area (Å²) in [6.07, 6.45) is 2.24. The zero-order valence-corrected chi connectivity index (χ0v) is 21.2. The number of amides is 3. The molecule has 2 aromatic carbocycles. The van der Waals surface area contributed by atoms with Crippen LogP contribution in [0.5, 0.6) is 11.5 Å². The van der Waals surface area contributed by atoms with Crippen LogP contribution in [0.3, 0.4) is 0 Å². The Balaban J connectivity index is 2.00. The standard InChI is InChI=1S/C25H32N4O7S/c1-37-11-10-20(25(35)36)29-24(34)21(13-16-4-8-18(31)9-5-16)28-22(32)14-27-23(33)19(26)12-15-2-6-17(30)7-3-15/h2-9,19-21,30-31H,10-14,26H2,1H3,(H,27,33)(H,28,32)(H,29,34)(H,35,36). The zero-order chi connectivity index (χ0) is 27.4. The molecule has 200 valence electrons. The minimum absolute atomic E-state index is 0.0288. The maximum absolute atomic E-state index is 12.9. The van der Waals surface area contributed by atoms with E-state index in [2.05, 4.69) is 16.0 Å². The highest BCUT2D eigenvalue weighted by molar-refractivity contribution is 7.98. The number of aliphatic carboxylic acids is 1. The Bertz CT molecular complexity index is 1060. The smallest absolute Gasteiger partial charge is 0.326 e. The number of nitrogens with one attached hydrogen (secondary N) is 3. The largest absolute Gasteiger partial charge is 0.508 e. The maximum atomic E-state index is 12.9. The number of carboxylic acids is 1. The maximum Gasteiger partial charge on any atom is 0.326 e. The van der Waals surface area contributed by atoms with Crippen LogP contribution in [0.25, 0.3) is 0 Å². The number of hydrogen-bond acceptors (Lipinski definition) is 8. The monoisotopic (exact) mass is 532 g/mol. The Hall–Kier alpha value is -3.77. The molecule has 0 aromatic heterocycles. The first-order chi connectivity index (χ1) is 17.6. The van der Waals surface area contributed by atoms with Gasteiger partial charge in [-0.2, -0.15) is 11.8 Å². The van der Waals surface area contributed by atoms with E-state index in [0.29, 0.717) is 11.3 Å². The van der Waals surface area contributed by atoms with Gasteiger partial charge in [0.15, 0.2) is 0 Å². The van der Waals surface area contributed by atoms with Crippen molar-refractivity contribution in [2.75, 3.05) is 18.6 Å². The van der Waals surface area contributed by atoms with Crippen LogP contribution in [-0.2, 0) is 32.0 Å². The Kier molecular flexibility index (Phi) is 11.7. The number of aromatic hydroxyl groups is 2. The van der Waals surface area contributed by atoms with Crippen LogP contribution >= 0.6 is 11.8 Å². The van der Waals surface area contributed by atoms with Crippen molar-refractivity contribution in [3.63, 3.8) is 0 Å². The lowest BCUT2D eigenvalue weighted by Gasteiger charge is -2.22. The first-order valence-corrected chi connectivity index (χ1v) is 12.9. The molecule has 0 spiro atoms. The molecule has 0 radical (unpaired) electrons.